The van der Waals surface area contributed by atoms with Crippen LogP contribution in [0.2, 0.25) is 0 Å². The molecular weight excluding hydrogens is 218 g/mol. The Morgan fingerprint density at radius 3 is 2.19 bits per heavy atom. The molecule has 1 aromatic carbocycles. The Balaban J connectivity index is 3.60. The first kappa shape index (κ1) is 11.6. The van der Waals surface area contributed by atoms with Gasteiger partial charge in [0, 0.05) is 11.6 Å². The first-order valence-electron chi connectivity index (χ1n) is 4.10. The monoisotopic (exact) mass is 225 g/mol. The van der Waals surface area contributed by atoms with Crippen molar-refractivity contribution < 1.29 is 24.7 Å². The molecule has 84 valence electrons. The minimum Gasteiger partial charge on any atom is -0.478 e. The fraction of sp³-hybridized carbons (Fsp3) is 0.111. The molecule has 0 fully saturated rings. The maximum Gasteiger partial charge on any atom is 0.337 e. The number of aromatic carboxylic acids is 2. The van der Waals surface area contributed by atoms with E-state index in [1.165, 1.54) is 6.92 Å². The maximum absolute atomic E-state index is 10.8. The second kappa shape index (κ2) is 3.97. The highest BCUT2D eigenvalue weighted by molar-refractivity contribution is 6.03. The first-order chi connectivity index (χ1) is 7.36. The first-order valence-corrected chi connectivity index (χ1v) is 4.10. The van der Waals surface area contributed by atoms with Crippen LogP contribution in [0.3, 0.4) is 0 Å². The van der Waals surface area contributed by atoms with Crippen LogP contribution >= 0.6 is 0 Å². The number of hydrogen-bond acceptors (Lipinski definition) is 4. The minimum absolute atomic E-state index is 0.169. The van der Waals surface area contributed by atoms with Crippen LogP contribution in [0.25, 0.3) is 0 Å². The molecule has 0 atom stereocenters. The van der Waals surface area contributed by atoms with E-state index in [9.17, 15) is 19.7 Å². The summed E-state index contributed by atoms with van der Waals surface area (Å²) in [5.74, 6) is -2.94. The van der Waals surface area contributed by atoms with Gasteiger partial charge in [0.05, 0.1) is 16.1 Å². The lowest BCUT2D eigenvalue weighted by Crippen LogP contribution is -2.11. The molecule has 0 aliphatic heterocycles. The Hall–Kier alpha value is -2.44. The predicted molar refractivity (Wildman–Crippen MR) is 51.8 cm³/mol. The van der Waals surface area contributed by atoms with Crippen LogP contribution in [0.15, 0.2) is 12.1 Å². The van der Waals surface area contributed by atoms with Gasteiger partial charge < -0.3 is 10.2 Å². The number of carboxylic acid groups (broad SMARTS) is 2. The standard InChI is InChI=1S/C9H7NO6/c1-4-6(10(15)16)3-2-5(8(11)12)7(4)9(13)14/h2-3H,1H3,(H,11,12)(H,13,14). The largest absolute Gasteiger partial charge is 0.478 e. The summed E-state index contributed by atoms with van der Waals surface area (Å²) >= 11 is 0. The zero-order chi connectivity index (χ0) is 12.5. The van der Waals surface area contributed by atoms with Gasteiger partial charge in [-0.05, 0) is 13.0 Å². The normalized spacial score (nSPS) is 9.81. The lowest BCUT2D eigenvalue weighted by molar-refractivity contribution is -0.385. The van der Waals surface area contributed by atoms with E-state index in [1.54, 1.807) is 0 Å². The van der Waals surface area contributed by atoms with Crippen LogP contribution in [-0.2, 0) is 0 Å². The van der Waals surface area contributed by atoms with Crippen LogP contribution in [-0.4, -0.2) is 27.1 Å². The molecule has 1 rings (SSSR count). The van der Waals surface area contributed by atoms with Crippen molar-refractivity contribution in [1.29, 1.82) is 0 Å². The summed E-state index contributed by atoms with van der Waals surface area (Å²) in [5, 5.41) is 28.1. The SMILES string of the molecule is Cc1c([N+](=O)[O-])ccc(C(=O)O)c1C(=O)O. The molecule has 0 unspecified atom stereocenters. The van der Waals surface area contributed by atoms with Crippen LogP contribution < -0.4 is 0 Å². The summed E-state index contributed by atoms with van der Waals surface area (Å²) in [4.78, 5) is 31.3. The molecule has 0 radical (unpaired) electrons. The number of nitro benzene ring substituents is 1. The summed E-state index contributed by atoms with van der Waals surface area (Å²) in [5.41, 5.74) is -1.60. The van der Waals surface area contributed by atoms with Crippen LogP contribution in [0.4, 0.5) is 5.69 Å². The molecule has 0 aliphatic rings. The molecule has 0 aliphatic carbocycles. The zero-order valence-electron chi connectivity index (χ0n) is 8.13. The summed E-state index contributed by atoms with van der Waals surface area (Å²) < 4.78 is 0. The van der Waals surface area contributed by atoms with E-state index >= 15 is 0 Å². The van der Waals surface area contributed by atoms with E-state index < -0.39 is 33.7 Å². The molecule has 7 nitrogen and oxygen atoms in total. The molecule has 0 saturated carbocycles. The van der Waals surface area contributed by atoms with Crippen LogP contribution in [0.5, 0.6) is 0 Å². The van der Waals surface area contributed by atoms with Gasteiger partial charge in [0.1, 0.15) is 0 Å². The number of carbonyl (C=O) groups is 2. The Kier molecular flexibility index (Phi) is 2.89. The predicted octanol–water partition coefficient (Wildman–Crippen LogP) is 1.30. The summed E-state index contributed by atoms with van der Waals surface area (Å²) in [6.45, 7) is 1.20. The summed E-state index contributed by atoms with van der Waals surface area (Å²) in [7, 11) is 0. The van der Waals surface area contributed by atoms with E-state index in [2.05, 4.69) is 0 Å². The average molecular weight is 225 g/mol. The molecular formula is C9H7NO6. The quantitative estimate of drug-likeness (QED) is 0.591. The average Bonchev–Trinajstić information content (AvgIpc) is 2.15. The smallest absolute Gasteiger partial charge is 0.337 e. The van der Waals surface area contributed by atoms with Gasteiger partial charge in [0.2, 0.25) is 0 Å². The minimum atomic E-state index is -1.50. The molecule has 0 aromatic heterocycles. The third-order valence-corrected chi connectivity index (χ3v) is 2.08. The number of rotatable bonds is 3. The van der Waals surface area contributed by atoms with Crippen molar-refractivity contribution in [3.8, 4) is 0 Å². The van der Waals surface area contributed by atoms with Crippen molar-refractivity contribution >= 4 is 17.6 Å². The molecule has 0 heterocycles. The van der Waals surface area contributed by atoms with Gasteiger partial charge in [-0.3, -0.25) is 10.1 Å². The summed E-state index contributed by atoms with van der Waals surface area (Å²) in [6, 6.07) is 1.89. The van der Waals surface area contributed by atoms with Gasteiger partial charge >= 0.3 is 11.9 Å². The molecule has 0 amide bonds. The molecule has 0 bridgehead atoms. The van der Waals surface area contributed by atoms with Crippen molar-refractivity contribution in [1.82, 2.24) is 0 Å². The van der Waals surface area contributed by atoms with E-state index in [0.29, 0.717) is 0 Å². The van der Waals surface area contributed by atoms with Gasteiger partial charge in [-0.25, -0.2) is 9.59 Å². The Labute approximate surface area is 89.1 Å². The Morgan fingerprint density at radius 2 is 1.81 bits per heavy atom. The molecule has 0 spiro atoms. The van der Waals surface area contributed by atoms with Gasteiger partial charge in [-0.1, -0.05) is 0 Å². The van der Waals surface area contributed by atoms with E-state index in [1.807, 2.05) is 0 Å². The number of hydrogen-bond donors (Lipinski definition) is 2. The third-order valence-electron chi connectivity index (χ3n) is 2.08. The van der Waals surface area contributed by atoms with E-state index in [0.717, 1.165) is 12.1 Å². The Morgan fingerprint density at radius 1 is 1.25 bits per heavy atom. The van der Waals surface area contributed by atoms with E-state index in [-0.39, 0.29) is 5.56 Å². The highest BCUT2D eigenvalue weighted by Crippen LogP contribution is 2.24. The highest BCUT2D eigenvalue weighted by atomic mass is 16.6. The van der Waals surface area contributed by atoms with Crippen molar-refractivity contribution in [3.63, 3.8) is 0 Å². The molecule has 2 N–H and O–H groups in total. The van der Waals surface area contributed by atoms with Gasteiger partial charge in [-0.15, -0.1) is 0 Å². The lowest BCUT2D eigenvalue weighted by atomic mass is 10.0. The van der Waals surface area contributed by atoms with Crippen LogP contribution in [0.1, 0.15) is 26.3 Å². The fourth-order valence-electron chi connectivity index (χ4n) is 1.35. The topological polar surface area (TPSA) is 118 Å². The van der Waals surface area contributed by atoms with E-state index in [4.69, 9.17) is 10.2 Å². The highest BCUT2D eigenvalue weighted by Gasteiger charge is 2.24. The van der Waals surface area contributed by atoms with Gasteiger partial charge in [-0.2, -0.15) is 0 Å². The number of carboxylic acids is 2. The van der Waals surface area contributed by atoms with Gasteiger partial charge in [0.15, 0.2) is 0 Å². The van der Waals surface area contributed by atoms with Crippen molar-refractivity contribution in [2.45, 2.75) is 6.92 Å². The number of benzene rings is 1. The molecule has 7 heteroatoms. The van der Waals surface area contributed by atoms with Crippen molar-refractivity contribution in [2.24, 2.45) is 0 Å². The number of nitrogens with zero attached hydrogens (tertiary/aromatic N) is 1. The maximum atomic E-state index is 10.8. The summed E-state index contributed by atoms with van der Waals surface area (Å²) in [6.07, 6.45) is 0. The lowest BCUT2D eigenvalue weighted by Gasteiger charge is -2.05. The molecule has 1 aromatic rings. The number of nitro groups is 1. The third kappa shape index (κ3) is 1.83. The second-order valence-corrected chi connectivity index (χ2v) is 3.00. The second-order valence-electron chi connectivity index (χ2n) is 3.00. The van der Waals surface area contributed by atoms with Crippen molar-refractivity contribution in [2.75, 3.05) is 0 Å². The molecule has 16 heavy (non-hydrogen) atoms. The fourth-order valence-corrected chi connectivity index (χ4v) is 1.35. The zero-order valence-corrected chi connectivity index (χ0v) is 8.13. The van der Waals surface area contributed by atoms with Crippen molar-refractivity contribution in [3.05, 3.63) is 38.9 Å². The Bertz CT molecular complexity index is 493. The van der Waals surface area contributed by atoms with Crippen LogP contribution in [0, 0.1) is 17.0 Å². The van der Waals surface area contributed by atoms with Gasteiger partial charge in [0.25, 0.3) is 5.69 Å². The molecule has 0 saturated heterocycles.